The van der Waals surface area contributed by atoms with Gasteiger partial charge in [-0.2, -0.15) is 0 Å². The maximum atomic E-state index is 12.9. The molecule has 3 N–H and O–H groups in total. The van der Waals surface area contributed by atoms with Gasteiger partial charge in [0.25, 0.3) is 5.91 Å². The van der Waals surface area contributed by atoms with E-state index in [-0.39, 0.29) is 17.7 Å². The van der Waals surface area contributed by atoms with Gasteiger partial charge < -0.3 is 15.5 Å². The van der Waals surface area contributed by atoms with Gasteiger partial charge in [-0.25, -0.2) is 4.98 Å². The summed E-state index contributed by atoms with van der Waals surface area (Å²) in [5.41, 5.74) is 1.62. The highest BCUT2D eigenvalue weighted by atomic mass is 35.5. The number of piperidine rings is 1. The van der Waals surface area contributed by atoms with Gasteiger partial charge in [-0.15, -0.1) is 0 Å². The third-order valence-electron chi connectivity index (χ3n) is 6.82. The van der Waals surface area contributed by atoms with Crippen molar-refractivity contribution in [2.24, 2.45) is 0 Å². The first kappa shape index (κ1) is 24.5. The van der Waals surface area contributed by atoms with E-state index in [1.807, 2.05) is 30.3 Å². The molecule has 3 heterocycles. The third-order valence-corrected chi connectivity index (χ3v) is 7.19. The number of halogens is 1. The number of aromatic nitrogens is 1. The van der Waals surface area contributed by atoms with Crippen LogP contribution >= 0.6 is 11.6 Å². The number of hydrogen-bond donors (Lipinski definition) is 3. The van der Waals surface area contributed by atoms with Crippen LogP contribution in [0.1, 0.15) is 49.7 Å². The van der Waals surface area contributed by atoms with Crippen molar-refractivity contribution < 1.29 is 4.79 Å². The van der Waals surface area contributed by atoms with Crippen LogP contribution in [0.25, 0.3) is 0 Å². The molecule has 1 aromatic heterocycles. The lowest BCUT2D eigenvalue weighted by molar-refractivity contribution is -0.115. The molecule has 2 fully saturated rings. The molecule has 34 heavy (non-hydrogen) atoms. The van der Waals surface area contributed by atoms with Gasteiger partial charge in [-0.1, -0.05) is 42.6 Å². The minimum Gasteiger partial charge on any atom is -0.373 e. The first-order valence-electron chi connectivity index (χ1n) is 12.3. The Morgan fingerprint density at radius 1 is 1.06 bits per heavy atom. The molecule has 8 heteroatoms. The Labute approximate surface area is 207 Å². The van der Waals surface area contributed by atoms with Gasteiger partial charge in [0, 0.05) is 56.4 Å². The minimum absolute atomic E-state index is 0.0437. The van der Waals surface area contributed by atoms with Crippen LogP contribution in [0.4, 0.5) is 11.6 Å². The zero-order chi connectivity index (χ0) is 23.9. The smallest absolute Gasteiger partial charge is 0.270 e. The number of benzene rings is 1. The molecule has 182 valence electrons. The van der Waals surface area contributed by atoms with Gasteiger partial charge in [0.2, 0.25) is 0 Å². The lowest BCUT2D eigenvalue weighted by Gasteiger charge is -2.32. The molecule has 0 saturated carbocycles. The number of carbonyl (C=O) groups is 1. The number of anilines is 2. The normalized spacial score (nSPS) is 17.8. The van der Waals surface area contributed by atoms with E-state index >= 15 is 0 Å². The molecule has 0 unspecified atom stereocenters. The van der Waals surface area contributed by atoms with Crippen molar-refractivity contribution in [3.63, 3.8) is 0 Å². The molecule has 0 bridgehead atoms. The Balaban J connectivity index is 1.33. The molecule has 4 rings (SSSR count). The van der Waals surface area contributed by atoms with Crippen molar-refractivity contribution in [3.05, 3.63) is 52.5 Å². The predicted octanol–water partition coefficient (Wildman–Crippen LogP) is 4.31. The third kappa shape index (κ3) is 6.07. The number of pyridine rings is 1. The van der Waals surface area contributed by atoms with Crippen LogP contribution in [0.3, 0.4) is 0 Å². The summed E-state index contributed by atoms with van der Waals surface area (Å²) in [4.78, 5) is 22.3. The Kier molecular flexibility index (Phi) is 8.40. The van der Waals surface area contributed by atoms with E-state index in [1.54, 1.807) is 7.05 Å². The summed E-state index contributed by atoms with van der Waals surface area (Å²) in [5, 5.41) is 15.5. The average molecular weight is 483 g/mol. The summed E-state index contributed by atoms with van der Waals surface area (Å²) >= 11 is 6.30. The van der Waals surface area contributed by atoms with E-state index in [9.17, 15) is 4.79 Å². The largest absolute Gasteiger partial charge is 0.373 e. The second kappa shape index (κ2) is 11.7. The van der Waals surface area contributed by atoms with Crippen molar-refractivity contribution in [3.8, 4) is 0 Å². The summed E-state index contributed by atoms with van der Waals surface area (Å²) in [6.07, 6.45) is 6.58. The number of hydrogen-bond acceptors (Lipinski definition) is 6. The lowest BCUT2D eigenvalue weighted by atomic mass is 10.0. The highest BCUT2D eigenvalue weighted by Crippen LogP contribution is 2.23. The SMILES string of the molecule is CNc1nc(N2CCCCCC2)ccc1C(=N)C(=O)NC1CCN(Cc2ccccc2Cl)CC1. The Morgan fingerprint density at radius 3 is 2.44 bits per heavy atom. The summed E-state index contributed by atoms with van der Waals surface area (Å²) in [7, 11) is 1.79. The number of amides is 1. The molecule has 7 nitrogen and oxygen atoms in total. The van der Waals surface area contributed by atoms with Gasteiger partial charge in [0.1, 0.15) is 17.3 Å². The molecule has 1 amide bonds. The molecule has 2 aliphatic rings. The highest BCUT2D eigenvalue weighted by molar-refractivity contribution is 6.45. The zero-order valence-corrected chi connectivity index (χ0v) is 20.7. The molecule has 2 aliphatic heterocycles. The van der Waals surface area contributed by atoms with Crippen LogP contribution in [0.5, 0.6) is 0 Å². The monoisotopic (exact) mass is 482 g/mol. The quantitative estimate of drug-likeness (QED) is 0.512. The van der Waals surface area contributed by atoms with E-state index in [0.717, 1.165) is 62.0 Å². The molecular formula is C26H35ClN6O. The Bertz CT molecular complexity index is 997. The average Bonchev–Trinajstić information content (AvgIpc) is 3.15. The van der Waals surface area contributed by atoms with Gasteiger partial charge in [0.15, 0.2) is 0 Å². The maximum Gasteiger partial charge on any atom is 0.270 e. The molecule has 0 radical (unpaired) electrons. The summed E-state index contributed by atoms with van der Waals surface area (Å²) in [5.74, 6) is 1.15. The van der Waals surface area contributed by atoms with Crippen molar-refractivity contribution in [1.82, 2.24) is 15.2 Å². The molecule has 2 saturated heterocycles. The number of nitrogens with one attached hydrogen (secondary N) is 3. The van der Waals surface area contributed by atoms with Crippen molar-refractivity contribution >= 4 is 34.9 Å². The molecule has 0 spiro atoms. The highest BCUT2D eigenvalue weighted by Gasteiger charge is 2.24. The Morgan fingerprint density at radius 2 is 1.76 bits per heavy atom. The lowest BCUT2D eigenvalue weighted by Crippen LogP contribution is -2.46. The van der Waals surface area contributed by atoms with Gasteiger partial charge >= 0.3 is 0 Å². The fourth-order valence-corrected chi connectivity index (χ4v) is 5.00. The predicted molar refractivity (Wildman–Crippen MR) is 139 cm³/mol. The van der Waals surface area contributed by atoms with Crippen LogP contribution in [0.2, 0.25) is 5.02 Å². The second-order valence-corrected chi connectivity index (χ2v) is 9.61. The standard InChI is InChI=1S/C26H35ClN6O/c1-29-25-21(10-11-23(31-25)33-14-6-2-3-7-15-33)24(28)26(34)30-20-12-16-32(17-13-20)18-19-8-4-5-9-22(19)27/h4-5,8-11,20,28H,2-3,6-7,12-18H2,1H3,(H,29,31)(H,30,34). The van der Waals surface area contributed by atoms with E-state index in [0.29, 0.717) is 11.4 Å². The summed E-state index contributed by atoms with van der Waals surface area (Å²) in [6, 6.07) is 11.8. The summed E-state index contributed by atoms with van der Waals surface area (Å²) < 4.78 is 0. The fraction of sp³-hybridized carbons (Fsp3) is 0.500. The van der Waals surface area contributed by atoms with E-state index in [1.165, 1.54) is 25.7 Å². The number of rotatable bonds is 7. The second-order valence-electron chi connectivity index (χ2n) is 9.21. The number of nitrogens with zero attached hydrogens (tertiary/aromatic N) is 3. The van der Waals surface area contributed by atoms with Crippen molar-refractivity contribution in [2.75, 3.05) is 43.4 Å². The van der Waals surface area contributed by atoms with Crippen LogP contribution in [-0.2, 0) is 11.3 Å². The Hall–Kier alpha value is -2.64. The minimum atomic E-state index is -0.342. The van der Waals surface area contributed by atoms with Crippen LogP contribution in [0.15, 0.2) is 36.4 Å². The number of carbonyl (C=O) groups excluding carboxylic acids is 1. The maximum absolute atomic E-state index is 12.9. The zero-order valence-electron chi connectivity index (χ0n) is 19.9. The molecular weight excluding hydrogens is 448 g/mol. The molecule has 0 atom stereocenters. The first-order valence-corrected chi connectivity index (χ1v) is 12.7. The first-order chi connectivity index (χ1) is 16.5. The van der Waals surface area contributed by atoms with E-state index < -0.39 is 0 Å². The van der Waals surface area contributed by atoms with Crippen molar-refractivity contribution in [2.45, 2.75) is 51.1 Å². The number of likely N-dealkylation sites (tertiary alicyclic amines) is 1. The fourth-order valence-electron chi connectivity index (χ4n) is 4.80. The van der Waals surface area contributed by atoms with Crippen molar-refractivity contribution in [1.29, 1.82) is 5.41 Å². The topological polar surface area (TPSA) is 84.4 Å². The molecule has 0 aliphatic carbocycles. The van der Waals surface area contributed by atoms with Gasteiger partial charge in [0.05, 0.1) is 0 Å². The van der Waals surface area contributed by atoms with Gasteiger partial charge in [-0.05, 0) is 49.4 Å². The van der Waals surface area contributed by atoms with Crippen LogP contribution < -0.4 is 15.5 Å². The van der Waals surface area contributed by atoms with E-state index in [2.05, 4.69) is 26.5 Å². The summed E-state index contributed by atoms with van der Waals surface area (Å²) in [6.45, 7) is 4.59. The molecule has 2 aromatic rings. The van der Waals surface area contributed by atoms with Crippen LogP contribution in [-0.4, -0.2) is 60.8 Å². The molecule has 1 aromatic carbocycles. The van der Waals surface area contributed by atoms with Crippen LogP contribution in [0, 0.1) is 5.41 Å². The van der Waals surface area contributed by atoms with Gasteiger partial charge in [-0.3, -0.25) is 15.1 Å². The van der Waals surface area contributed by atoms with E-state index in [4.69, 9.17) is 22.0 Å².